The molecule has 0 aliphatic carbocycles. The lowest BCUT2D eigenvalue weighted by molar-refractivity contribution is -0.114. The van der Waals surface area contributed by atoms with E-state index in [2.05, 4.69) is 10.6 Å². The Kier molecular flexibility index (Phi) is 6.25. The summed E-state index contributed by atoms with van der Waals surface area (Å²) in [4.78, 5) is 23.5. The van der Waals surface area contributed by atoms with Gasteiger partial charge in [0.2, 0.25) is 15.9 Å². The summed E-state index contributed by atoms with van der Waals surface area (Å²) in [6, 6.07) is 9.09. The molecule has 2 aromatic rings. The number of nitrogens with zero attached hydrogens (tertiary/aromatic N) is 1. The Labute approximate surface area is 163 Å². The summed E-state index contributed by atoms with van der Waals surface area (Å²) in [5.74, 6) is -0.667. The van der Waals surface area contributed by atoms with Gasteiger partial charge >= 0.3 is 0 Å². The van der Waals surface area contributed by atoms with E-state index in [1.165, 1.54) is 39.2 Å². The van der Waals surface area contributed by atoms with E-state index in [0.29, 0.717) is 11.4 Å². The van der Waals surface area contributed by atoms with Gasteiger partial charge in [0.15, 0.2) is 0 Å². The second-order valence-electron chi connectivity index (χ2n) is 6.10. The molecule has 2 amide bonds. The maximum Gasteiger partial charge on any atom is 0.255 e. The number of aryl methyl sites for hydroxylation is 1. The third kappa shape index (κ3) is 4.85. The quantitative estimate of drug-likeness (QED) is 0.793. The molecule has 0 saturated heterocycles. The Morgan fingerprint density at radius 1 is 1.04 bits per heavy atom. The second-order valence-corrected chi connectivity index (χ2v) is 8.63. The van der Waals surface area contributed by atoms with Crippen molar-refractivity contribution in [1.29, 1.82) is 0 Å². The van der Waals surface area contributed by atoms with Gasteiger partial charge < -0.3 is 10.6 Å². The van der Waals surface area contributed by atoms with E-state index >= 15 is 0 Å². The Morgan fingerprint density at radius 2 is 1.70 bits per heavy atom. The summed E-state index contributed by atoms with van der Waals surface area (Å²) < 4.78 is 25.7. The van der Waals surface area contributed by atoms with Gasteiger partial charge in [0.1, 0.15) is 4.90 Å². The van der Waals surface area contributed by atoms with Gasteiger partial charge in [0.25, 0.3) is 5.91 Å². The normalized spacial score (nSPS) is 11.3. The van der Waals surface area contributed by atoms with Crippen molar-refractivity contribution in [3.63, 3.8) is 0 Å². The number of carbonyl (C=O) groups is 2. The Morgan fingerprint density at radius 3 is 2.26 bits per heavy atom. The van der Waals surface area contributed by atoms with Crippen molar-refractivity contribution >= 4 is 44.8 Å². The van der Waals surface area contributed by atoms with Crippen molar-refractivity contribution in [2.24, 2.45) is 0 Å². The van der Waals surface area contributed by atoms with Crippen LogP contribution in [0.1, 0.15) is 22.8 Å². The first-order chi connectivity index (χ1) is 12.5. The molecule has 0 fully saturated rings. The smallest absolute Gasteiger partial charge is 0.255 e. The standard InChI is InChI=1S/C18H20ClN3O4S/c1-11-9-14(6-8-16(11)20-12(2)23)21-18(24)13-5-7-15(19)17(10-13)27(25,26)22(3)4/h5-10H,1-4H3,(H,20,23)(H,21,24). The van der Waals surface area contributed by atoms with Gasteiger partial charge in [-0.1, -0.05) is 11.6 Å². The number of hydrogen-bond donors (Lipinski definition) is 2. The number of hydrogen-bond acceptors (Lipinski definition) is 4. The summed E-state index contributed by atoms with van der Waals surface area (Å²) in [7, 11) is -1.01. The summed E-state index contributed by atoms with van der Waals surface area (Å²) in [6.45, 7) is 3.21. The van der Waals surface area contributed by atoms with Gasteiger partial charge in [-0.15, -0.1) is 0 Å². The van der Waals surface area contributed by atoms with E-state index in [1.54, 1.807) is 25.1 Å². The molecule has 0 atom stereocenters. The molecule has 2 rings (SSSR count). The van der Waals surface area contributed by atoms with Gasteiger partial charge in [-0.25, -0.2) is 12.7 Å². The minimum absolute atomic E-state index is 0.0377. The van der Waals surface area contributed by atoms with Crippen LogP contribution in [0, 0.1) is 6.92 Å². The lowest BCUT2D eigenvalue weighted by atomic mass is 10.1. The Balaban J connectivity index is 2.29. The van der Waals surface area contributed by atoms with Crippen molar-refractivity contribution < 1.29 is 18.0 Å². The molecule has 0 aliphatic rings. The molecule has 0 spiro atoms. The van der Waals surface area contributed by atoms with Gasteiger partial charge in [0, 0.05) is 38.0 Å². The van der Waals surface area contributed by atoms with E-state index in [-0.39, 0.29) is 21.4 Å². The summed E-state index contributed by atoms with van der Waals surface area (Å²) >= 11 is 6.00. The molecule has 27 heavy (non-hydrogen) atoms. The second kappa shape index (κ2) is 8.08. The van der Waals surface area contributed by atoms with Gasteiger partial charge in [-0.2, -0.15) is 0 Å². The van der Waals surface area contributed by atoms with Crippen LogP contribution >= 0.6 is 11.6 Å². The van der Waals surface area contributed by atoms with Gasteiger partial charge in [-0.05, 0) is 48.9 Å². The molecular formula is C18H20ClN3O4S. The molecular weight excluding hydrogens is 390 g/mol. The highest BCUT2D eigenvalue weighted by Gasteiger charge is 2.22. The first-order valence-corrected chi connectivity index (χ1v) is 9.76. The fourth-order valence-electron chi connectivity index (χ4n) is 2.31. The molecule has 2 N–H and O–H groups in total. The van der Waals surface area contributed by atoms with Crippen LogP contribution < -0.4 is 10.6 Å². The predicted molar refractivity (Wildman–Crippen MR) is 106 cm³/mol. The van der Waals surface area contributed by atoms with Crippen LogP contribution in [0.15, 0.2) is 41.3 Å². The Hall–Kier alpha value is -2.42. The largest absolute Gasteiger partial charge is 0.326 e. The molecule has 0 aliphatic heterocycles. The number of amides is 2. The third-order valence-corrected chi connectivity index (χ3v) is 6.04. The molecule has 9 heteroatoms. The van der Waals surface area contributed by atoms with Crippen LogP contribution in [-0.4, -0.2) is 38.6 Å². The van der Waals surface area contributed by atoms with Gasteiger partial charge in [0.05, 0.1) is 5.02 Å². The highest BCUT2D eigenvalue weighted by molar-refractivity contribution is 7.89. The number of carbonyl (C=O) groups excluding carboxylic acids is 2. The molecule has 0 radical (unpaired) electrons. The summed E-state index contributed by atoms with van der Waals surface area (Å²) in [6.07, 6.45) is 0. The van der Waals surface area contributed by atoms with E-state index in [4.69, 9.17) is 11.6 Å². The summed E-state index contributed by atoms with van der Waals surface area (Å²) in [5.41, 5.74) is 2.09. The highest BCUT2D eigenvalue weighted by Crippen LogP contribution is 2.26. The molecule has 0 heterocycles. The predicted octanol–water partition coefficient (Wildman–Crippen LogP) is 3.11. The average molecular weight is 410 g/mol. The SMILES string of the molecule is CC(=O)Nc1ccc(NC(=O)c2ccc(Cl)c(S(=O)(=O)N(C)C)c2)cc1C. The Bertz CT molecular complexity index is 1000. The lowest BCUT2D eigenvalue weighted by Gasteiger charge is -2.14. The van der Waals surface area contributed by atoms with Crippen LogP contribution in [0.2, 0.25) is 5.02 Å². The molecule has 0 aromatic heterocycles. The fourth-order valence-corrected chi connectivity index (χ4v) is 3.71. The van der Waals surface area contributed by atoms with Crippen molar-refractivity contribution in [2.75, 3.05) is 24.7 Å². The molecule has 7 nitrogen and oxygen atoms in total. The maximum atomic E-state index is 12.5. The van der Waals surface area contributed by atoms with E-state index in [9.17, 15) is 18.0 Å². The third-order valence-electron chi connectivity index (χ3n) is 3.75. The van der Waals surface area contributed by atoms with Crippen LogP contribution in [0.5, 0.6) is 0 Å². The number of nitrogens with one attached hydrogen (secondary N) is 2. The van der Waals surface area contributed by atoms with Crippen molar-refractivity contribution in [2.45, 2.75) is 18.7 Å². The average Bonchev–Trinajstić information content (AvgIpc) is 2.57. The van der Waals surface area contributed by atoms with E-state index in [0.717, 1.165) is 9.87 Å². The fraction of sp³-hybridized carbons (Fsp3) is 0.222. The number of benzene rings is 2. The van der Waals surface area contributed by atoms with Crippen molar-refractivity contribution in [3.05, 3.63) is 52.5 Å². The van der Waals surface area contributed by atoms with Crippen LogP contribution in [0.3, 0.4) is 0 Å². The van der Waals surface area contributed by atoms with Gasteiger partial charge in [-0.3, -0.25) is 9.59 Å². The van der Waals surface area contributed by atoms with Crippen molar-refractivity contribution in [1.82, 2.24) is 4.31 Å². The first-order valence-electron chi connectivity index (χ1n) is 7.94. The zero-order valence-electron chi connectivity index (χ0n) is 15.3. The summed E-state index contributed by atoms with van der Waals surface area (Å²) in [5, 5.41) is 5.43. The molecule has 144 valence electrons. The number of halogens is 1. The molecule has 0 unspecified atom stereocenters. The van der Waals surface area contributed by atoms with E-state index in [1.807, 2.05) is 0 Å². The maximum absolute atomic E-state index is 12.5. The van der Waals surface area contributed by atoms with E-state index < -0.39 is 15.9 Å². The first kappa shape index (κ1) is 20.9. The number of anilines is 2. The van der Waals surface area contributed by atoms with Crippen molar-refractivity contribution in [3.8, 4) is 0 Å². The zero-order valence-corrected chi connectivity index (χ0v) is 16.9. The zero-order chi connectivity index (χ0) is 20.4. The number of rotatable bonds is 5. The number of sulfonamides is 1. The van der Waals surface area contributed by atoms with Crippen LogP contribution in [0.4, 0.5) is 11.4 Å². The monoisotopic (exact) mass is 409 g/mol. The lowest BCUT2D eigenvalue weighted by Crippen LogP contribution is -2.23. The minimum atomic E-state index is -3.78. The van der Waals surface area contributed by atoms with Crippen LogP contribution in [0.25, 0.3) is 0 Å². The van der Waals surface area contributed by atoms with Crippen LogP contribution in [-0.2, 0) is 14.8 Å². The molecule has 2 aromatic carbocycles. The molecule has 0 saturated carbocycles. The molecule has 0 bridgehead atoms. The minimum Gasteiger partial charge on any atom is -0.326 e. The highest BCUT2D eigenvalue weighted by atomic mass is 35.5. The topological polar surface area (TPSA) is 95.6 Å².